The van der Waals surface area contributed by atoms with E-state index in [9.17, 15) is 4.79 Å². The minimum absolute atomic E-state index is 0.0285. The second-order valence-corrected chi connectivity index (χ2v) is 11.0. The number of benzene rings is 3. The van der Waals surface area contributed by atoms with E-state index in [2.05, 4.69) is 77.9 Å². The Balaban J connectivity index is 1.43. The van der Waals surface area contributed by atoms with Crippen LogP contribution < -0.4 is 0 Å². The summed E-state index contributed by atoms with van der Waals surface area (Å²) < 4.78 is 2.32. The van der Waals surface area contributed by atoms with E-state index in [0.717, 1.165) is 53.9 Å². The van der Waals surface area contributed by atoms with Crippen LogP contribution >= 0.6 is 0 Å². The Bertz CT molecular complexity index is 1450. The molecule has 3 aromatic carbocycles. The molecule has 1 amide bonds. The number of amides is 1. The lowest BCUT2D eigenvalue weighted by Gasteiger charge is -2.27. The molecule has 1 fully saturated rings. The molecule has 0 aliphatic carbocycles. The average molecular weight is 535 g/mol. The van der Waals surface area contributed by atoms with Crippen LogP contribution in [0.25, 0.3) is 17.1 Å². The molecule has 1 aliphatic heterocycles. The molecule has 1 saturated heterocycles. The molecule has 0 N–H and O–H groups in total. The summed E-state index contributed by atoms with van der Waals surface area (Å²) in [5.74, 6) is 0.962. The lowest BCUT2D eigenvalue weighted by molar-refractivity contribution is -0.126. The van der Waals surface area contributed by atoms with Crippen LogP contribution in [0.1, 0.15) is 67.1 Å². The van der Waals surface area contributed by atoms with Crippen molar-refractivity contribution in [3.63, 3.8) is 0 Å². The smallest absolute Gasteiger partial charge is 0.246 e. The van der Waals surface area contributed by atoms with Gasteiger partial charge >= 0.3 is 0 Å². The number of carbonyl (C=O) groups is 1. The van der Waals surface area contributed by atoms with Gasteiger partial charge in [0.05, 0.1) is 17.6 Å². The van der Waals surface area contributed by atoms with Crippen LogP contribution in [0.2, 0.25) is 0 Å². The number of aromatic nitrogens is 2. The highest BCUT2D eigenvalue weighted by molar-refractivity contribution is 5.92. The van der Waals surface area contributed by atoms with E-state index in [1.807, 2.05) is 29.2 Å². The number of piperidine rings is 1. The maximum Gasteiger partial charge on any atom is 0.246 e. The van der Waals surface area contributed by atoms with E-state index in [1.54, 1.807) is 6.08 Å². The summed E-state index contributed by atoms with van der Waals surface area (Å²) in [6.07, 6.45) is 9.58. The van der Waals surface area contributed by atoms with Gasteiger partial charge in [0, 0.05) is 25.7 Å². The Morgan fingerprint density at radius 1 is 0.900 bits per heavy atom. The van der Waals surface area contributed by atoms with Crippen molar-refractivity contribution < 1.29 is 4.79 Å². The largest absolute Gasteiger partial charge is 0.332 e. The summed E-state index contributed by atoms with van der Waals surface area (Å²) >= 11 is 0. The van der Waals surface area contributed by atoms with E-state index in [1.165, 1.54) is 43.5 Å². The number of hydrogen-bond acceptors (Lipinski definition) is 3. The molecule has 0 spiro atoms. The maximum absolute atomic E-state index is 13.5. The SMILES string of the molecule is CCCCN(Cc1nc2ccccc2n1Cc1ccccc1CN1CCCCC1)C(=O)C=Cc1ccccc1C. The average Bonchev–Trinajstić information content (AvgIpc) is 3.33. The molecule has 0 radical (unpaired) electrons. The van der Waals surface area contributed by atoms with Crippen molar-refractivity contribution in [3.05, 3.63) is 107 Å². The number of hydrogen-bond donors (Lipinski definition) is 0. The maximum atomic E-state index is 13.5. The van der Waals surface area contributed by atoms with Gasteiger partial charge in [0.1, 0.15) is 5.82 Å². The van der Waals surface area contributed by atoms with E-state index in [0.29, 0.717) is 13.1 Å². The zero-order valence-corrected chi connectivity index (χ0v) is 24.1. The number of fused-ring (bicyclic) bond motifs is 1. The van der Waals surface area contributed by atoms with Crippen LogP contribution in [-0.4, -0.2) is 44.9 Å². The topological polar surface area (TPSA) is 41.4 Å². The molecule has 0 atom stereocenters. The lowest BCUT2D eigenvalue weighted by Crippen LogP contribution is -2.31. The first-order valence-corrected chi connectivity index (χ1v) is 14.9. The fraction of sp³-hybridized carbons (Fsp3) is 0.371. The third-order valence-electron chi connectivity index (χ3n) is 8.04. The number of rotatable bonds is 11. The number of carbonyl (C=O) groups excluding carboxylic acids is 1. The van der Waals surface area contributed by atoms with E-state index < -0.39 is 0 Å². The van der Waals surface area contributed by atoms with Gasteiger partial charge in [-0.3, -0.25) is 9.69 Å². The molecule has 1 aliphatic rings. The Kier molecular flexibility index (Phi) is 9.46. The number of unbranched alkanes of at least 4 members (excludes halogenated alkanes) is 1. The van der Waals surface area contributed by atoms with Crippen LogP contribution in [0.4, 0.5) is 0 Å². The zero-order valence-electron chi connectivity index (χ0n) is 24.1. The second-order valence-electron chi connectivity index (χ2n) is 11.0. The predicted molar refractivity (Wildman–Crippen MR) is 165 cm³/mol. The Morgan fingerprint density at radius 2 is 1.60 bits per heavy atom. The van der Waals surface area contributed by atoms with E-state index >= 15 is 0 Å². The molecule has 2 heterocycles. The van der Waals surface area contributed by atoms with Gasteiger partial charge in [-0.1, -0.05) is 80.4 Å². The molecule has 40 heavy (non-hydrogen) atoms. The second kappa shape index (κ2) is 13.6. The van der Waals surface area contributed by atoms with Crippen LogP contribution in [0.15, 0.2) is 78.9 Å². The molecular weight excluding hydrogens is 492 g/mol. The van der Waals surface area contributed by atoms with Crippen LogP contribution in [0.3, 0.4) is 0 Å². The van der Waals surface area contributed by atoms with E-state index in [4.69, 9.17) is 4.98 Å². The highest BCUT2D eigenvalue weighted by atomic mass is 16.2. The molecule has 5 rings (SSSR count). The van der Waals surface area contributed by atoms with Gasteiger partial charge < -0.3 is 9.47 Å². The molecule has 0 unspecified atom stereocenters. The summed E-state index contributed by atoms with van der Waals surface area (Å²) in [6, 6.07) is 25.3. The molecule has 4 aromatic rings. The summed E-state index contributed by atoms with van der Waals surface area (Å²) in [5, 5.41) is 0. The zero-order chi connectivity index (χ0) is 27.7. The highest BCUT2D eigenvalue weighted by Gasteiger charge is 2.19. The van der Waals surface area contributed by atoms with Crippen molar-refractivity contribution in [3.8, 4) is 0 Å². The Morgan fingerprint density at radius 3 is 2.38 bits per heavy atom. The standard InChI is InChI=1S/C35H42N4O/c1-3-4-24-38(35(40)21-20-29-15-7-6-14-28(29)2)27-34-36-32-18-10-11-19-33(32)39(34)26-31-17-9-8-16-30(31)25-37-22-12-5-13-23-37/h6-11,14-21H,3-5,12-13,22-27H2,1-2H3. The van der Waals surface area contributed by atoms with Crippen molar-refractivity contribution in [2.24, 2.45) is 0 Å². The Labute approximate surface area is 239 Å². The number of likely N-dealkylation sites (tertiary alicyclic amines) is 1. The first-order valence-electron chi connectivity index (χ1n) is 14.9. The molecule has 5 nitrogen and oxygen atoms in total. The first-order chi connectivity index (χ1) is 19.6. The molecule has 0 saturated carbocycles. The summed E-state index contributed by atoms with van der Waals surface area (Å²) in [7, 11) is 0. The number of imidazole rings is 1. The van der Waals surface area contributed by atoms with Crippen LogP contribution in [-0.2, 0) is 24.4 Å². The molecular formula is C35H42N4O. The molecule has 208 valence electrons. The fourth-order valence-corrected chi connectivity index (χ4v) is 5.64. The van der Waals surface area contributed by atoms with Crippen molar-refractivity contribution in [2.45, 2.75) is 65.6 Å². The Hall–Kier alpha value is -3.70. The van der Waals surface area contributed by atoms with Gasteiger partial charge in [0.2, 0.25) is 5.91 Å². The first kappa shape index (κ1) is 27.9. The molecule has 5 heteroatoms. The quantitative estimate of drug-likeness (QED) is 0.191. The van der Waals surface area contributed by atoms with Gasteiger partial charge in [-0.25, -0.2) is 4.98 Å². The van der Waals surface area contributed by atoms with Crippen molar-refractivity contribution in [1.82, 2.24) is 19.4 Å². The fourth-order valence-electron chi connectivity index (χ4n) is 5.64. The lowest BCUT2D eigenvalue weighted by atomic mass is 10.0. The third kappa shape index (κ3) is 6.89. The van der Waals surface area contributed by atoms with Crippen LogP contribution in [0, 0.1) is 6.92 Å². The van der Waals surface area contributed by atoms with Gasteiger partial charge in [0.15, 0.2) is 0 Å². The van der Waals surface area contributed by atoms with Gasteiger partial charge in [-0.15, -0.1) is 0 Å². The summed E-state index contributed by atoms with van der Waals surface area (Å²) in [4.78, 5) is 23.1. The number of aryl methyl sites for hydroxylation is 1. The third-order valence-corrected chi connectivity index (χ3v) is 8.04. The van der Waals surface area contributed by atoms with Gasteiger partial charge in [-0.2, -0.15) is 0 Å². The summed E-state index contributed by atoms with van der Waals surface area (Å²) in [6.45, 7) is 9.53. The monoisotopic (exact) mass is 534 g/mol. The predicted octanol–water partition coefficient (Wildman–Crippen LogP) is 7.22. The van der Waals surface area contributed by atoms with Gasteiger partial charge in [-0.05, 0) is 79.7 Å². The molecule has 1 aromatic heterocycles. The minimum atomic E-state index is 0.0285. The summed E-state index contributed by atoms with van der Waals surface area (Å²) in [5.41, 5.74) is 7.03. The van der Waals surface area contributed by atoms with Crippen molar-refractivity contribution in [1.29, 1.82) is 0 Å². The van der Waals surface area contributed by atoms with Crippen molar-refractivity contribution >= 4 is 23.0 Å². The van der Waals surface area contributed by atoms with Crippen LogP contribution in [0.5, 0.6) is 0 Å². The highest BCUT2D eigenvalue weighted by Crippen LogP contribution is 2.23. The normalized spacial score (nSPS) is 14.2. The van der Waals surface area contributed by atoms with Crippen molar-refractivity contribution in [2.75, 3.05) is 19.6 Å². The van der Waals surface area contributed by atoms with E-state index in [-0.39, 0.29) is 5.91 Å². The minimum Gasteiger partial charge on any atom is -0.332 e. The number of nitrogens with zero attached hydrogens (tertiary/aromatic N) is 4. The molecule has 0 bridgehead atoms. The number of para-hydroxylation sites is 2. The van der Waals surface area contributed by atoms with Gasteiger partial charge in [0.25, 0.3) is 0 Å².